The number of halogens is 4. The summed E-state index contributed by atoms with van der Waals surface area (Å²) in [4.78, 5) is 29.6. The summed E-state index contributed by atoms with van der Waals surface area (Å²) in [6.07, 6.45) is 2.50. The van der Waals surface area contributed by atoms with E-state index in [4.69, 9.17) is 27.9 Å². The summed E-state index contributed by atoms with van der Waals surface area (Å²) in [5.74, 6) is 0.443. The summed E-state index contributed by atoms with van der Waals surface area (Å²) < 4.78 is 7.61. The van der Waals surface area contributed by atoms with E-state index in [2.05, 4.69) is 64.5 Å². The van der Waals surface area contributed by atoms with Crippen molar-refractivity contribution >= 4 is 66.6 Å². The topological polar surface area (TPSA) is 46.6 Å². The first kappa shape index (κ1) is 28.9. The molecule has 0 radical (unpaired) electrons. The average molecular weight is 696 g/mol. The van der Waals surface area contributed by atoms with Gasteiger partial charge < -0.3 is 9.64 Å². The van der Waals surface area contributed by atoms with Crippen LogP contribution in [0, 0.1) is 10.8 Å². The van der Waals surface area contributed by atoms with Gasteiger partial charge in [0.2, 0.25) is 0 Å². The average Bonchev–Trinajstić information content (AvgIpc) is 2.79. The summed E-state index contributed by atoms with van der Waals surface area (Å²) >= 11 is 19.8. The van der Waals surface area contributed by atoms with Gasteiger partial charge in [-0.25, -0.2) is 0 Å². The predicted octanol–water partition coefficient (Wildman–Crippen LogP) is 9.41. The number of carbonyl (C=O) groups is 2. The second-order valence-electron chi connectivity index (χ2n) is 12.4. The Balaban J connectivity index is 1.59. The van der Waals surface area contributed by atoms with Crippen LogP contribution < -0.4 is 4.74 Å². The maximum Gasteiger partial charge on any atom is 0.162 e. The fourth-order valence-electron chi connectivity index (χ4n) is 6.17. The van der Waals surface area contributed by atoms with E-state index in [-0.39, 0.29) is 29.0 Å². The number of allylic oxidation sites excluding steroid dienone is 4. The summed E-state index contributed by atoms with van der Waals surface area (Å²) in [5, 5.41) is 1.10. The highest BCUT2D eigenvalue weighted by molar-refractivity contribution is 9.11. The second kappa shape index (κ2) is 10.3. The molecule has 0 bridgehead atoms. The number of ketones is 2. The Hall–Kier alpha value is -1.60. The van der Waals surface area contributed by atoms with Gasteiger partial charge in [0.15, 0.2) is 11.6 Å². The second-order valence-corrected chi connectivity index (χ2v) is 15.0. The molecular weight excluding hydrogens is 665 g/mol. The van der Waals surface area contributed by atoms with Crippen LogP contribution in [0.5, 0.6) is 5.75 Å². The third kappa shape index (κ3) is 5.51. The molecule has 2 aliphatic carbocycles. The summed E-state index contributed by atoms with van der Waals surface area (Å²) in [6, 6.07) is 9.27. The van der Waals surface area contributed by atoms with Crippen molar-refractivity contribution in [2.45, 2.75) is 65.9 Å². The molecule has 0 atom stereocenters. The van der Waals surface area contributed by atoms with Crippen LogP contribution in [-0.2, 0) is 16.2 Å². The lowest BCUT2D eigenvalue weighted by molar-refractivity contribution is -0.119. The van der Waals surface area contributed by atoms with Crippen molar-refractivity contribution in [3.05, 3.63) is 83.0 Å². The van der Waals surface area contributed by atoms with E-state index in [1.165, 1.54) is 0 Å². The van der Waals surface area contributed by atoms with Gasteiger partial charge in [0.1, 0.15) is 12.4 Å². The molecular formula is C31H31Br2Cl2NO3. The van der Waals surface area contributed by atoms with E-state index in [0.717, 1.165) is 55.5 Å². The molecule has 8 heteroatoms. The van der Waals surface area contributed by atoms with Gasteiger partial charge in [-0.05, 0) is 85.4 Å². The summed E-state index contributed by atoms with van der Waals surface area (Å²) in [5.41, 5.74) is 5.01. The number of nitrogens with zero attached hydrogens (tertiary/aromatic N) is 1. The third-order valence-electron chi connectivity index (χ3n) is 7.92. The smallest absolute Gasteiger partial charge is 0.162 e. The Kier molecular flexibility index (Phi) is 7.67. The predicted molar refractivity (Wildman–Crippen MR) is 163 cm³/mol. The fraction of sp³-hybridized carbons (Fsp3) is 0.419. The van der Waals surface area contributed by atoms with Gasteiger partial charge in [0.25, 0.3) is 0 Å². The highest BCUT2D eigenvalue weighted by Gasteiger charge is 2.48. The molecule has 0 spiro atoms. The number of ether oxygens (including phenoxy) is 1. The van der Waals surface area contributed by atoms with Crippen LogP contribution in [0.3, 0.4) is 0 Å². The first-order valence-corrected chi connectivity index (χ1v) is 15.3. The van der Waals surface area contributed by atoms with Crippen molar-refractivity contribution in [3.8, 4) is 5.75 Å². The van der Waals surface area contributed by atoms with Gasteiger partial charge in [-0.2, -0.15) is 0 Å². The lowest BCUT2D eigenvalue weighted by atomic mass is 9.64. The van der Waals surface area contributed by atoms with Crippen molar-refractivity contribution in [2.75, 3.05) is 7.05 Å². The zero-order valence-electron chi connectivity index (χ0n) is 22.7. The molecule has 0 saturated heterocycles. The van der Waals surface area contributed by atoms with Crippen molar-refractivity contribution in [2.24, 2.45) is 10.8 Å². The first-order chi connectivity index (χ1) is 18.2. The molecule has 0 unspecified atom stereocenters. The van der Waals surface area contributed by atoms with Crippen LogP contribution in [0.15, 0.2) is 61.8 Å². The van der Waals surface area contributed by atoms with E-state index >= 15 is 0 Å². The molecule has 2 aromatic carbocycles. The summed E-state index contributed by atoms with van der Waals surface area (Å²) in [6.45, 7) is 8.83. The number of benzene rings is 2. The lowest BCUT2D eigenvalue weighted by Gasteiger charge is -2.48. The molecule has 0 amide bonds. The van der Waals surface area contributed by atoms with Gasteiger partial charge >= 0.3 is 0 Å². The molecule has 1 aliphatic heterocycles. The molecule has 206 valence electrons. The minimum Gasteiger partial charge on any atom is -0.486 e. The van der Waals surface area contributed by atoms with E-state index < -0.39 is 5.92 Å². The third-order valence-corrected chi connectivity index (χ3v) is 9.69. The van der Waals surface area contributed by atoms with Crippen molar-refractivity contribution < 1.29 is 14.3 Å². The highest BCUT2D eigenvalue weighted by Crippen LogP contribution is 2.54. The Bertz CT molecular complexity index is 1400. The number of rotatable bonds is 4. The molecule has 0 fully saturated rings. The molecule has 0 saturated carbocycles. The van der Waals surface area contributed by atoms with E-state index in [1.54, 1.807) is 12.1 Å². The van der Waals surface area contributed by atoms with Crippen LogP contribution >= 0.6 is 55.1 Å². The SMILES string of the molecule is CN1C2=C(C(=O)CC(C)(C)C2)C(c2cc(Br)c(OCc3ccc(Cl)cc3Cl)c(Br)c2)C2=C1CC(C)(C)CC2=O. The molecule has 2 aromatic rings. The molecule has 1 heterocycles. The molecule has 0 N–H and O–H groups in total. The fourth-order valence-corrected chi connectivity index (χ4v) is 8.08. The Morgan fingerprint density at radius 3 is 1.87 bits per heavy atom. The van der Waals surface area contributed by atoms with Gasteiger partial charge in [-0.1, -0.05) is 57.0 Å². The minimum absolute atomic E-state index is 0.118. The Morgan fingerprint density at radius 1 is 0.872 bits per heavy atom. The molecule has 5 rings (SSSR count). The molecule has 39 heavy (non-hydrogen) atoms. The quantitative estimate of drug-likeness (QED) is 0.320. The normalized spacial score (nSPS) is 20.8. The summed E-state index contributed by atoms with van der Waals surface area (Å²) in [7, 11) is 2.02. The molecule has 0 aromatic heterocycles. The van der Waals surface area contributed by atoms with Gasteiger partial charge in [-0.15, -0.1) is 0 Å². The highest BCUT2D eigenvalue weighted by atomic mass is 79.9. The van der Waals surface area contributed by atoms with Gasteiger partial charge in [0, 0.05) is 64.0 Å². The maximum absolute atomic E-state index is 13.7. The first-order valence-electron chi connectivity index (χ1n) is 13.0. The van der Waals surface area contributed by atoms with Crippen LogP contribution in [0.2, 0.25) is 10.0 Å². The van der Waals surface area contributed by atoms with Gasteiger partial charge in [-0.3, -0.25) is 9.59 Å². The standard InChI is InChI=1S/C31H31Br2Cl2NO3/c1-30(2)11-22-27(24(37)13-30)26(28-23(36(22)5)12-31(3,4)14-25(28)38)17-8-19(32)29(20(33)9-17)39-15-16-6-7-18(34)10-21(16)35/h6-10,26H,11-15H2,1-5H3. The van der Waals surface area contributed by atoms with Crippen LogP contribution in [-0.4, -0.2) is 23.5 Å². The molecule has 3 aliphatic rings. The number of Topliss-reactive ketones (excluding diaryl/α,β-unsaturated/α-hetero) is 2. The van der Waals surface area contributed by atoms with Crippen LogP contribution in [0.4, 0.5) is 0 Å². The largest absolute Gasteiger partial charge is 0.486 e. The Labute approximate surface area is 257 Å². The van der Waals surface area contributed by atoms with E-state index in [1.807, 2.05) is 25.2 Å². The maximum atomic E-state index is 13.7. The van der Waals surface area contributed by atoms with Crippen LogP contribution in [0.25, 0.3) is 0 Å². The van der Waals surface area contributed by atoms with Crippen molar-refractivity contribution in [1.82, 2.24) is 4.90 Å². The minimum atomic E-state index is -0.411. The van der Waals surface area contributed by atoms with E-state index in [0.29, 0.717) is 28.6 Å². The monoisotopic (exact) mass is 693 g/mol. The van der Waals surface area contributed by atoms with Gasteiger partial charge in [0.05, 0.1) is 8.95 Å². The number of hydrogen-bond acceptors (Lipinski definition) is 4. The molecule has 4 nitrogen and oxygen atoms in total. The zero-order chi connectivity index (χ0) is 28.4. The van der Waals surface area contributed by atoms with E-state index in [9.17, 15) is 9.59 Å². The zero-order valence-corrected chi connectivity index (χ0v) is 27.4. The van der Waals surface area contributed by atoms with Crippen molar-refractivity contribution in [1.29, 1.82) is 0 Å². The Morgan fingerprint density at radius 2 is 1.38 bits per heavy atom. The number of hydrogen-bond donors (Lipinski definition) is 0. The number of carbonyl (C=O) groups excluding carboxylic acids is 2. The van der Waals surface area contributed by atoms with Crippen LogP contribution in [0.1, 0.15) is 70.4 Å². The van der Waals surface area contributed by atoms with Crippen molar-refractivity contribution in [3.63, 3.8) is 0 Å². The lowest BCUT2D eigenvalue weighted by Crippen LogP contribution is -2.43.